The summed E-state index contributed by atoms with van der Waals surface area (Å²) in [5.41, 5.74) is 7.24. The van der Waals surface area contributed by atoms with Crippen LogP contribution in [0.4, 0.5) is 4.39 Å². The summed E-state index contributed by atoms with van der Waals surface area (Å²) < 4.78 is 14.1. The van der Waals surface area contributed by atoms with E-state index in [0.29, 0.717) is 24.8 Å². The van der Waals surface area contributed by atoms with Gasteiger partial charge in [0, 0.05) is 18.0 Å². The zero-order chi connectivity index (χ0) is 16.7. The summed E-state index contributed by atoms with van der Waals surface area (Å²) in [6.07, 6.45) is 1.50. The van der Waals surface area contributed by atoms with Gasteiger partial charge in [0.15, 0.2) is 0 Å². The molecule has 0 spiro atoms. The number of benzene rings is 2. The predicted molar refractivity (Wildman–Crippen MR) is 90.3 cm³/mol. The number of hydrogen-bond acceptors (Lipinski definition) is 2. The van der Waals surface area contributed by atoms with Crippen LogP contribution in [0.25, 0.3) is 0 Å². The molecule has 3 N–H and O–H groups in total. The average molecular weight is 314 g/mol. The van der Waals surface area contributed by atoms with Crippen molar-refractivity contribution in [2.75, 3.05) is 0 Å². The Balaban J connectivity index is 2.15. The monoisotopic (exact) mass is 314 g/mol. The van der Waals surface area contributed by atoms with Crippen molar-refractivity contribution in [1.82, 2.24) is 5.32 Å². The standard InChI is InChI=1S/C19H23FN2O/c1-14(21)11-12-19(23)22-18(13-15-7-3-2-4-8-15)16-9-5-6-10-17(16)20/h2-10,14,18H,11-13,21H2,1H3,(H,22,23). The van der Waals surface area contributed by atoms with Crippen LogP contribution in [0, 0.1) is 5.82 Å². The van der Waals surface area contributed by atoms with E-state index in [1.807, 2.05) is 37.3 Å². The summed E-state index contributed by atoms with van der Waals surface area (Å²) in [5.74, 6) is -0.410. The number of hydrogen-bond donors (Lipinski definition) is 2. The van der Waals surface area contributed by atoms with Crippen LogP contribution in [-0.2, 0) is 11.2 Å². The second kappa shape index (κ2) is 8.44. The van der Waals surface area contributed by atoms with E-state index in [4.69, 9.17) is 5.73 Å². The third-order valence-corrected chi connectivity index (χ3v) is 3.73. The number of carbonyl (C=O) groups excluding carboxylic acids is 1. The van der Waals surface area contributed by atoms with Crippen LogP contribution in [0.3, 0.4) is 0 Å². The minimum absolute atomic E-state index is 0.0261. The second-order valence-electron chi connectivity index (χ2n) is 5.85. The van der Waals surface area contributed by atoms with Crippen LogP contribution in [0.1, 0.15) is 36.9 Å². The molecule has 23 heavy (non-hydrogen) atoms. The van der Waals surface area contributed by atoms with Gasteiger partial charge in [0.1, 0.15) is 5.82 Å². The molecule has 0 aliphatic heterocycles. The highest BCUT2D eigenvalue weighted by molar-refractivity contribution is 5.76. The first-order valence-corrected chi connectivity index (χ1v) is 7.89. The number of nitrogens with two attached hydrogens (primary N) is 1. The van der Waals surface area contributed by atoms with Crippen molar-refractivity contribution in [3.63, 3.8) is 0 Å². The van der Waals surface area contributed by atoms with Gasteiger partial charge in [0.2, 0.25) is 5.91 Å². The molecule has 0 aromatic heterocycles. The van der Waals surface area contributed by atoms with Gasteiger partial charge in [-0.2, -0.15) is 0 Å². The SMILES string of the molecule is CC(N)CCC(=O)NC(Cc1ccccc1)c1ccccc1F. The van der Waals surface area contributed by atoms with Crippen molar-refractivity contribution >= 4 is 5.91 Å². The quantitative estimate of drug-likeness (QED) is 0.823. The van der Waals surface area contributed by atoms with Crippen LogP contribution < -0.4 is 11.1 Å². The lowest BCUT2D eigenvalue weighted by Gasteiger charge is -2.20. The van der Waals surface area contributed by atoms with E-state index in [9.17, 15) is 9.18 Å². The molecule has 0 radical (unpaired) electrons. The number of rotatable bonds is 7. The fourth-order valence-corrected chi connectivity index (χ4v) is 2.47. The summed E-state index contributed by atoms with van der Waals surface area (Å²) >= 11 is 0. The van der Waals surface area contributed by atoms with E-state index >= 15 is 0 Å². The fourth-order valence-electron chi connectivity index (χ4n) is 2.47. The number of carbonyl (C=O) groups is 1. The molecule has 2 aromatic carbocycles. The van der Waals surface area contributed by atoms with Crippen molar-refractivity contribution in [2.45, 2.75) is 38.3 Å². The molecule has 0 bridgehead atoms. The maximum atomic E-state index is 14.1. The van der Waals surface area contributed by atoms with Crippen LogP contribution in [0.5, 0.6) is 0 Å². The van der Waals surface area contributed by atoms with E-state index in [1.165, 1.54) is 6.07 Å². The Morgan fingerprint density at radius 3 is 2.43 bits per heavy atom. The number of amides is 1. The first-order chi connectivity index (χ1) is 11.1. The third kappa shape index (κ3) is 5.49. The normalized spacial score (nSPS) is 13.3. The van der Waals surface area contributed by atoms with Crippen molar-refractivity contribution in [2.24, 2.45) is 5.73 Å². The molecule has 4 heteroatoms. The summed E-state index contributed by atoms with van der Waals surface area (Å²) in [6, 6.07) is 15.9. The lowest BCUT2D eigenvalue weighted by molar-refractivity contribution is -0.122. The van der Waals surface area contributed by atoms with Gasteiger partial charge in [-0.05, 0) is 31.4 Å². The Hall–Kier alpha value is -2.20. The van der Waals surface area contributed by atoms with Crippen LogP contribution in [-0.4, -0.2) is 11.9 Å². The number of nitrogens with one attached hydrogen (secondary N) is 1. The maximum Gasteiger partial charge on any atom is 0.220 e. The van der Waals surface area contributed by atoms with Gasteiger partial charge < -0.3 is 11.1 Å². The van der Waals surface area contributed by atoms with Gasteiger partial charge in [0.05, 0.1) is 6.04 Å². The molecule has 1 amide bonds. The molecular weight excluding hydrogens is 291 g/mol. The zero-order valence-corrected chi connectivity index (χ0v) is 13.3. The van der Waals surface area contributed by atoms with Crippen LogP contribution >= 0.6 is 0 Å². The number of halogens is 1. The van der Waals surface area contributed by atoms with E-state index in [1.54, 1.807) is 18.2 Å². The second-order valence-corrected chi connectivity index (χ2v) is 5.85. The fraction of sp³-hybridized carbons (Fsp3) is 0.316. The highest BCUT2D eigenvalue weighted by atomic mass is 19.1. The molecule has 2 aromatic rings. The molecule has 3 nitrogen and oxygen atoms in total. The van der Waals surface area contributed by atoms with Gasteiger partial charge in [-0.3, -0.25) is 4.79 Å². The first-order valence-electron chi connectivity index (χ1n) is 7.89. The molecule has 2 rings (SSSR count). The maximum absolute atomic E-state index is 14.1. The van der Waals surface area contributed by atoms with Gasteiger partial charge >= 0.3 is 0 Å². The zero-order valence-electron chi connectivity index (χ0n) is 13.3. The Kier molecular flexibility index (Phi) is 6.29. The Bertz CT molecular complexity index is 628. The molecule has 0 heterocycles. The topological polar surface area (TPSA) is 55.1 Å². The lowest BCUT2D eigenvalue weighted by Crippen LogP contribution is -2.31. The molecule has 2 unspecified atom stereocenters. The van der Waals surface area contributed by atoms with E-state index in [-0.39, 0.29) is 23.8 Å². The van der Waals surface area contributed by atoms with Crippen molar-refractivity contribution in [1.29, 1.82) is 0 Å². The summed E-state index contributed by atoms with van der Waals surface area (Å²) in [5, 5.41) is 2.94. The summed E-state index contributed by atoms with van der Waals surface area (Å²) in [6.45, 7) is 1.87. The highest BCUT2D eigenvalue weighted by Gasteiger charge is 2.18. The minimum atomic E-state index is -0.390. The molecular formula is C19H23FN2O. The van der Waals surface area contributed by atoms with Crippen LogP contribution in [0.2, 0.25) is 0 Å². The lowest BCUT2D eigenvalue weighted by atomic mass is 9.98. The van der Waals surface area contributed by atoms with E-state index in [2.05, 4.69) is 5.32 Å². The molecule has 0 aliphatic rings. The third-order valence-electron chi connectivity index (χ3n) is 3.73. The molecule has 0 fully saturated rings. The minimum Gasteiger partial charge on any atom is -0.349 e. The molecule has 0 saturated heterocycles. The smallest absolute Gasteiger partial charge is 0.220 e. The molecule has 2 atom stereocenters. The first kappa shape index (κ1) is 17.2. The molecule has 0 saturated carbocycles. The van der Waals surface area contributed by atoms with E-state index in [0.717, 1.165) is 5.56 Å². The van der Waals surface area contributed by atoms with Crippen molar-refractivity contribution in [3.05, 3.63) is 71.5 Å². The van der Waals surface area contributed by atoms with Gasteiger partial charge in [0.25, 0.3) is 0 Å². The van der Waals surface area contributed by atoms with Gasteiger partial charge in [-0.15, -0.1) is 0 Å². The van der Waals surface area contributed by atoms with Gasteiger partial charge in [-0.1, -0.05) is 48.5 Å². The molecule has 0 aliphatic carbocycles. The largest absolute Gasteiger partial charge is 0.349 e. The predicted octanol–water partition coefficient (Wildman–Crippen LogP) is 3.35. The highest BCUT2D eigenvalue weighted by Crippen LogP contribution is 2.21. The van der Waals surface area contributed by atoms with Crippen LogP contribution in [0.15, 0.2) is 54.6 Å². The van der Waals surface area contributed by atoms with Crippen molar-refractivity contribution < 1.29 is 9.18 Å². The summed E-state index contributed by atoms with van der Waals surface area (Å²) in [4.78, 5) is 12.1. The molecule has 122 valence electrons. The Morgan fingerprint density at radius 2 is 1.78 bits per heavy atom. The Morgan fingerprint density at radius 1 is 1.13 bits per heavy atom. The Labute approximate surface area is 136 Å². The van der Waals surface area contributed by atoms with Gasteiger partial charge in [-0.25, -0.2) is 4.39 Å². The van der Waals surface area contributed by atoms with E-state index < -0.39 is 0 Å². The summed E-state index contributed by atoms with van der Waals surface area (Å²) in [7, 11) is 0. The average Bonchev–Trinajstić information content (AvgIpc) is 2.54. The van der Waals surface area contributed by atoms with Crippen molar-refractivity contribution in [3.8, 4) is 0 Å².